The van der Waals surface area contributed by atoms with Gasteiger partial charge in [0.05, 0.1) is 16.7 Å². The van der Waals surface area contributed by atoms with Crippen molar-refractivity contribution in [3.05, 3.63) is 106 Å². The van der Waals surface area contributed by atoms with E-state index in [0.29, 0.717) is 6.42 Å². The topological polar surface area (TPSA) is 46.0 Å². The van der Waals surface area contributed by atoms with Gasteiger partial charge in [-0.2, -0.15) is 0 Å². The summed E-state index contributed by atoms with van der Waals surface area (Å²) in [6.07, 6.45) is 4.11. The zero-order valence-corrected chi connectivity index (χ0v) is 17.3. The number of aliphatic hydroxyl groups is 1. The highest BCUT2D eigenvalue weighted by atomic mass is 32.1. The van der Waals surface area contributed by atoms with E-state index in [1.165, 1.54) is 15.3 Å². The summed E-state index contributed by atoms with van der Waals surface area (Å²) in [4.78, 5) is 11.8. The molecule has 4 aromatic rings. The third-order valence-corrected chi connectivity index (χ3v) is 6.09. The van der Waals surface area contributed by atoms with Crippen molar-refractivity contribution < 1.29 is 5.11 Å². The van der Waals surface area contributed by atoms with Crippen molar-refractivity contribution in [1.29, 1.82) is 0 Å². The van der Waals surface area contributed by atoms with Crippen molar-refractivity contribution >= 4 is 11.3 Å². The van der Waals surface area contributed by atoms with Gasteiger partial charge in [-0.3, -0.25) is 0 Å². The van der Waals surface area contributed by atoms with Gasteiger partial charge in [0.2, 0.25) is 0 Å². The molecule has 2 heterocycles. The summed E-state index contributed by atoms with van der Waals surface area (Å²) in [5.41, 5.74) is 4.36. The van der Waals surface area contributed by atoms with Crippen LogP contribution >= 0.6 is 11.3 Å². The molecule has 4 rings (SSSR count). The molecule has 1 atom stereocenters. The second-order valence-corrected chi connectivity index (χ2v) is 8.38. The molecule has 0 aliphatic rings. The molecule has 0 aliphatic heterocycles. The Bertz CT molecular complexity index is 1070. The minimum atomic E-state index is -0.470. The molecule has 0 saturated heterocycles. The number of benzene rings is 2. The molecular weight excluding hydrogens is 376 g/mol. The van der Waals surface area contributed by atoms with Crippen LogP contribution < -0.4 is 0 Å². The Morgan fingerprint density at radius 2 is 1.72 bits per heavy atom. The number of nitrogens with zero attached hydrogens (tertiary/aromatic N) is 2. The van der Waals surface area contributed by atoms with E-state index in [1.807, 2.05) is 30.5 Å². The third kappa shape index (κ3) is 5.17. The molecule has 2 aromatic heterocycles. The van der Waals surface area contributed by atoms with E-state index in [0.717, 1.165) is 35.5 Å². The highest BCUT2D eigenvalue weighted by Crippen LogP contribution is 2.27. The largest absolute Gasteiger partial charge is 0.389 e. The maximum atomic E-state index is 9.80. The molecular formula is C25H24N2OS. The fourth-order valence-corrected chi connectivity index (χ4v) is 4.31. The predicted molar refractivity (Wildman–Crippen MR) is 119 cm³/mol. The maximum Gasteiger partial charge on any atom is 0.133 e. The van der Waals surface area contributed by atoms with Gasteiger partial charge in [-0.1, -0.05) is 54.6 Å². The number of aryl methyl sites for hydroxylation is 2. The van der Waals surface area contributed by atoms with E-state index < -0.39 is 6.10 Å². The first-order valence-corrected chi connectivity index (χ1v) is 10.7. The van der Waals surface area contributed by atoms with Crippen LogP contribution in [0.3, 0.4) is 0 Å². The summed E-state index contributed by atoms with van der Waals surface area (Å²) in [6.45, 7) is 1.78. The first-order chi connectivity index (χ1) is 14.2. The fraction of sp³-hybridized carbons (Fsp3) is 0.200. The van der Waals surface area contributed by atoms with E-state index in [9.17, 15) is 5.11 Å². The lowest BCUT2D eigenvalue weighted by Crippen LogP contribution is -1.99. The van der Waals surface area contributed by atoms with Crippen molar-refractivity contribution in [2.45, 2.75) is 32.3 Å². The lowest BCUT2D eigenvalue weighted by atomic mass is 10.0. The Hall–Kier alpha value is -2.82. The summed E-state index contributed by atoms with van der Waals surface area (Å²) in [6, 6.07) is 24.9. The van der Waals surface area contributed by atoms with Gasteiger partial charge in [0.25, 0.3) is 0 Å². The van der Waals surface area contributed by atoms with E-state index in [-0.39, 0.29) is 0 Å². The first-order valence-electron chi connectivity index (χ1n) is 9.89. The molecule has 1 unspecified atom stereocenters. The van der Waals surface area contributed by atoms with E-state index in [2.05, 4.69) is 53.5 Å². The molecule has 0 aliphatic carbocycles. The van der Waals surface area contributed by atoms with Gasteiger partial charge >= 0.3 is 0 Å². The van der Waals surface area contributed by atoms with Crippen LogP contribution in [0.4, 0.5) is 0 Å². The van der Waals surface area contributed by atoms with Gasteiger partial charge in [-0.05, 0) is 54.7 Å². The number of aliphatic hydroxyl groups excluding tert-OH is 1. The third-order valence-electron chi connectivity index (χ3n) is 4.92. The predicted octanol–water partition coefficient (Wildman–Crippen LogP) is 5.63. The molecule has 0 bridgehead atoms. The summed E-state index contributed by atoms with van der Waals surface area (Å²) in [7, 11) is 0. The minimum Gasteiger partial charge on any atom is -0.389 e. The van der Waals surface area contributed by atoms with Gasteiger partial charge < -0.3 is 5.11 Å². The number of rotatable bonds is 7. The molecule has 0 fully saturated rings. The van der Waals surface area contributed by atoms with Crippen molar-refractivity contribution in [2.75, 3.05) is 0 Å². The van der Waals surface area contributed by atoms with Gasteiger partial charge in [0.15, 0.2) is 0 Å². The molecule has 4 heteroatoms. The molecule has 146 valence electrons. The van der Waals surface area contributed by atoms with Crippen molar-refractivity contribution in [3.8, 4) is 10.6 Å². The smallest absolute Gasteiger partial charge is 0.133 e. The highest BCUT2D eigenvalue weighted by molar-refractivity contribution is 7.15. The quantitative estimate of drug-likeness (QED) is 0.437. The SMILES string of the molecule is CC(O)c1cccc(Cc2nccc(-c3ccc(CCc4ccccc4)s3)n2)c1. The van der Waals surface area contributed by atoms with Crippen LogP contribution in [0.25, 0.3) is 10.6 Å². The molecule has 1 N–H and O–H groups in total. The second kappa shape index (κ2) is 9.12. The van der Waals surface area contributed by atoms with Gasteiger partial charge in [0.1, 0.15) is 5.82 Å². The summed E-state index contributed by atoms with van der Waals surface area (Å²) >= 11 is 1.80. The van der Waals surface area contributed by atoms with Gasteiger partial charge in [-0.25, -0.2) is 9.97 Å². The monoisotopic (exact) mass is 400 g/mol. The summed E-state index contributed by atoms with van der Waals surface area (Å²) in [5.74, 6) is 0.796. The molecule has 0 radical (unpaired) electrons. The van der Waals surface area contributed by atoms with E-state index >= 15 is 0 Å². The molecule has 0 amide bonds. The Balaban J connectivity index is 1.46. The van der Waals surface area contributed by atoms with Crippen LogP contribution in [0.5, 0.6) is 0 Å². The Morgan fingerprint density at radius 1 is 0.897 bits per heavy atom. The molecule has 29 heavy (non-hydrogen) atoms. The Labute approximate surface area is 175 Å². The lowest BCUT2D eigenvalue weighted by molar-refractivity contribution is 0.199. The molecule has 0 saturated carbocycles. The number of hydrogen-bond acceptors (Lipinski definition) is 4. The zero-order valence-electron chi connectivity index (χ0n) is 16.5. The van der Waals surface area contributed by atoms with Crippen molar-refractivity contribution in [3.63, 3.8) is 0 Å². The Kier molecular flexibility index (Phi) is 6.13. The standard InChI is InChI=1S/C25H24N2OS/c1-18(28)21-9-5-8-20(16-21)17-25-26-15-14-23(27-25)24-13-12-22(29-24)11-10-19-6-3-2-4-7-19/h2-9,12-16,18,28H,10-11,17H2,1H3. The molecule has 0 spiro atoms. The average Bonchev–Trinajstić information content (AvgIpc) is 3.23. The zero-order chi connectivity index (χ0) is 20.1. The number of aromatic nitrogens is 2. The average molecular weight is 401 g/mol. The minimum absolute atomic E-state index is 0.470. The second-order valence-electron chi connectivity index (χ2n) is 7.21. The van der Waals surface area contributed by atoms with Crippen LogP contribution in [0.15, 0.2) is 79.0 Å². The van der Waals surface area contributed by atoms with Gasteiger partial charge in [0, 0.05) is 17.5 Å². The summed E-state index contributed by atoms with van der Waals surface area (Å²) in [5, 5.41) is 9.80. The van der Waals surface area contributed by atoms with E-state index in [4.69, 9.17) is 4.98 Å². The van der Waals surface area contributed by atoms with Gasteiger partial charge in [-0.15, -0.1) is 11.3 Å². The normalized spacial score (nSPS) is 12.1. The molecule has 3 nitrogen and oxygen atoms in total. The van der Waals surface area contributed by atoms with Crippen molar-refractivity contribution in [1.82, 2.24) is 9.97 Å². The maximum absolute atomic E-state index is 9.80. The number of thiophene rings is 1. The lowest BCUT2D eigenvalue weighted by Gasteiger charge is -2.07. The van der Waals surface area contributed by atoms with Crippen LogP contribution in [-0.2, 0) is 19.3 Å². The number of hydrogen-bond donors (Lipinski definition) is 1. The van der Waals surface area contributed by atoms with Crippen molar-refractivity contribution in [2.24, 2.45) is 0 Å². The highest BCUT2D eigenvalue weighted by Gasteiger charge is 2.08. The fourth-order valence-electron chi connectivity index (χ4n) is 3.33. The summed E-state index contributed by atoms with van der Waals surface area (Å²) < 4.78 is 0. The van der Waals surface area contributed by atoms with Crippen LogP contribution in [0, 0.1) is 0 Å². The first kappa shape index (κ1) is 19.5. The van der Waals surface area contributed by atoms with Crippen LogP contribution in [-0.4, -0.2) is 15.1 Å². The Morgan fingerprint density at radius 3 is 2.55 bits per heavy atom. The van der Waals surface area contributed by atoms with E-state index in [1.54, 1.807) is 18.3 Å². The van der Waals surface area contributed by atoms with Crippen LogP contribution in [0.1, 0.15) is 40.4 Å². The molecule has 2 aromatic carbocycles. The van der Waals surface area contributed by atoms with Crippen LogP contribution in [0.2, 0.25) is 0 Å².